The van der Waals surface area contributed by atoms with Gasteiger partial charge in [-0.25, -0.2) is 18.4 Å². The van der Waals surface area contributed by atoms with Gasteiger partial charge < -0.3 is 9.94 Å². The largest absolute Gasteiger partial charge is 0.477 e. The van der Waals surface area contributed by atoms with Crippen LogP contribution in [0.4, 0.5) is 13.2 Å². The molecule has 0 saturated heterocycles. The lowest BCUT2D eigenvalue weighted by atomic mass is 10.0. The molecule has 1 aromatic heterocycles. The summed E-state index contributed by atoms with van der Waals surface area (Å²) < 4.78 is 71.3. The summed E-state index contributed by atoms with van der Waals surface area (Å²) in [6.45, 7) is 6.28. The number of alkyl halides is 3. The molecule has 0 bridgehead atoms. The lowest BCUT2D eigenvalue weighted by Gasteiger charge is -2.19. The van der Waals surface area contributed by atoms with Crippen LogP contribution in [0.25, 0.3) is 22.5 Å². The highest BCUT2D eigenvalue weighted by Gasteiger charge is 2.46. The van der Waals surface area contributed by atoms with E-state index in [1.165, 1.54) is 6.20 Å². The normalized spacial score (nSPS) is 13.7. The van der Waals surface area contributed by atoms with Crippen molar-refractivity contribution in [3.8, 4) is 28.4 Å². The van der Waals surface area contributed by atoms with E-state index < -0.39 is 26.2 Å². The SMILES string of the molecule is Cc1cc(-c2cc(S(=O)(=O)C(C)C(F)(F)F)cnc2OCC(C)C)c2ccnc-2n1O. The van der Waals surface area contributed by atoms with E-state index in [-0.39, 0.29) is 29.8 Å². The zero-order valence-corrected chi connectivity index (χ0v) is 18.1. The van der Waals surface area contributed by atoms with Crippen LogP contribution >= 0.6 is 0 Å². The second-order valence-electron chi connectivity index (χ2n) is 7.65. The van der Waals surface area contributed by atoms with Crippen LogP contribution in [-0.4, -0.2) is 46.4 Å². The predicted molar refractivity (Wildman–Crippen MR) is 107 cm³/mol. The smallest absolute Gasteiger partial charge is 0.405 e. The first-order chi connectivity index (χ1) is 14.3. The van der Waals surface area contributed by atoms with Gasteiger partial charge in [-0.3, -0.25) is 0 Å². The van der Waals surface area contributed by atoms with Crippen molar-refractivity contribution in [3.63, 3.8) is 0 Å². The van der Waals surface area contributed by atoms with E-state index in [4.69, 9.17) is 4.74 Å². The first-order valence-corrected chi connectivity index (χ1v) is 11.0. The molecular formula is C20H22F3N3O4S. The fourth-order valence-electron chi connectivity index (χ4n) is 2.97. The Kier molecular flexibility index (Phi) is 5.92. The molecule has 0 aromatic carbocycles. The number of pyridine rings is 2. The molecule has 3 heterocycles. The van der Waals surface area contributed by atoms with E-state index in [0.29, 0.717) is 23.7 Å². The molecule has 2 aliphatic rings. The minimum Gasteiger partial charge on any atom is -0.477 e. The number of sulfone groups is 1. The maximum absolute atomic E-state index is 13.1. The summed E-state index contributed by atoms with van der Waals surface area (Å²) in [5, 5.41) is 7.59. The van der Waals surface area contributed by atoms with Crippen LogP contribution in [0.1, 0.15) is 26.5 Å². The third-order valence-corrected chi connectivity index (χ3v) is 6.86. The molecule has 0 amide bonds. The first kappa shape index (κ1) is 22.9. The third kappa shape index (κ3) is 4.32. The highest BCUT2D eigenvalue weighted by molar-refractivity contribution is 7.92. The number of aromatic nitrogens is 3. The number of hydrogen-bond donors (Lipinski definition) is 1. The molecule has 0 aliphatic carbocycles. The molecule has 0 saturated carbocycles. The standard InChI is InChI=1S/C20H22F3N3O4S/c1-11(2)10-30-19-17(16-7-12(3)26(27)18-15(16)5-6-24-18)8-14(9-25-19)31(28,29)13(4)20(21,22)23/h5-9,11,13,27H,10H2,1-4H3. The van der Waals surface area contributed by atoms with Crippen molar-refractivity contribution in [1.29, 1.82) is 0 Å². The second kappa shape index (κ2) is 8.03. The van der Waals surface area contributed by atoms with Crippen LogP contribution in [0.15, 0.2) is 35.5 Å². The highest BCUT2D eigenvalue weighted by Crippen LogP contribution is 2.40. The summed E-state index contributed by atoms with van der Waals surface area (Å²) in [6, 6.07) is 4.29. The molecule has 1 atom stereocenters. The van der Waals surface area contributed by atoms with Crippen LogP contribution in [-0.2, 0) is 9.84 Å². The number of halogens is 3. The molecule has 1 unspecified atom stereocenters. The Balaban J connectivity index is 2.24. The molecule has 2 aliphatic heterocycles. The number of rotatable bonds is 6. The van der Waals surface area contributed by atoms with Crippen LogP contribution < -0.4 is 4.74 Å². The molecule has 0 radical (unpaired) electrons. The van der Waals surface area contributed by atoms with Crippen molar-refractivity contribution >= 4 is 9.84 Å². The van der Waals surface area contributed by atoms with E-state index >= 15 is 0 Å². The molecular weight excluding hydrogens is 435 g/mol. The average molecular weight is 457 g/mol. The molecule has 31 heavy (non-hydrogen) atoms. The Morgan fingerprint density at radius 2 is 1.81 bits per heavy atom. The van der Waals surface area contributed by atoms with Gasteiger partial charge in [-0.1, -0.05) is 13.8 Å². The Morgan fingerprint density at radius 1 is 1.13 bits per heavy atom. The van der Waals surface area contributed by atoms with E-state index in [0.717, 1.165) is 17.0 Å². The summed E-state index contributed by atoms with van der Waals surface area (Å²) in [4.78, 5) is 7.55. The quantitative estimate of drug-likeness (QED) is 0.553. The monoisotopic (exact) mass is 457 g/mol. The summed E-state index contributed by atoms with van der Waals surface area (Å²) >= 11 is 0. The van der Waals surface area contributed by atoms with Crippen LogP contribution in [0, 0.1) is 12.8 Å². The van der Waals surface area contributed by atoms with Gasteiger partial charge in [0.25, 0.3) is 0 Å². The highest BCUT2D eigenvalue weighted by atomic mass is 32.2. The fraction of sp³-hybridized carbons (Fsp3) is 0.400. The first-order valence-electron chi connectivity index (χ1n) is 9.44. The van der Waals surface area contributed by atoms with Gasteiger partial charge in [0, 0.05) is 29.1 Å². The Labute approximate surface area is 177 Å². The molecule has 7 nitrogen and oxygen atoms in total. The zero-order valence-electron chi connectivity index (χ0n) is 17.3. The maximum atomic E-state index is 13.1. The van der Waals surface area contributed by atoms with Crippen molar-refractivity contribution in [2.75, 3.05) is 6.61 Å². The van der Waals surface area contributed by atoms with E-state index in [2.05, 4.69) is 9.97 Å². The predicted octanol–water partition coefficient (Wildman–Crippen LogP) is 4.35. The second-order valence-corrected chi connectivity index (χ2v) is 9.92. The molecule has 0 spiro atoms. The van der Waals surface area contributed by atoms with Crippen molar-refractivity contribution in [1.82, 2.24) is 14.7 Å². The van der Waals surface area contributed by atoms with E-state index in [9.17, 15) is 26.8 Å². The molecule has 1 aromatic rings. The zero-order chi connectivity index (χ0) is 23.1. The number of nitrogens with zero attached hydrogens (tertiary/aromatic N) is 3. The molecule has 11 heteroatoms. The van der Waals surface area contributed by atoms with Crippen molar-refractivity contribution in [2.24, 2.45) is 5.92 Å². The summed E-state index contributed by atoms with van der Waals surface area (Å²) in [5.74, 6) is 0.410. The Morgan fingerprint density at radius 3 is 2.42 bits per heavy atom. The average Bonchev–Trinajstić information content (AvgIpc) is 3.17. The Bertz CT molecular complexity index is 1170. The maximum Gasteiger partial charge on any atom is 0.405 e. The molecule has 1 N–H and O–H groups in total. The topological polar surface area (TPSA) is 94.3 Å². The number of ether oxygens (including phenoxy) is 1. The number of hydrogen-bond acceptors (Lipinski definition) is 6. The molecule has 0 fully saturated rings. The van der Waals surface area contributed by atoms with Crippen LogP contribution in [0.5, 0.6) is 5.88 Å². The minimum absolute atomic E-state index is 0.0740. The van der Waals surface area contributed by atoms with Crippen LogP contribution in [0.2, 0.25) is 0 Å². The van der Waals surface area contributed by atoms with E-state index in [1.54, 1.807) is 19.1 Å². The lowest BCUT2D eigenvalue weighted by molar-refractivity contribution is -0.126. The Hall–Kier alpha value is -2.82. The van der Waals surface area contributed by atoms with Gasteiger partial charge in [0.1, 0.15) is 0 Å². The van der Waals surface area contributed by atoms with Gasteiger partial charge in [0.2, 0.25) is 5.88 Å². The van der Waals surface area contributed by atoms with Gasteiger partial charge in [0.15, 0.2) is 20.9 Å². The number of fused-ring (bicyclic) bond motifs is 1. The minimum atomic E-state index is -4.93. The third-order valence-electron chi connectivity index (χ3n) is 4.78. The van der Waals surface area contributed by atoms with Crippen molar-refractivity contribution < 1.29 is 31.5 Å². The molecule has 3 rings (SSSR count). The van der Waals surface area contributed by atoms with Gasteiger partial charge in [-0.2, -0.15) is 17.9 Å². The van der Waals surface area contributed by atoms with Crippen molar-refractivity contribution in [3.05, 3.63) is 36.3 Å². The van der Waals surface area contributed by atoms with Crippen LogP contribution in [0.3, 0.4) is 0 Å². The number of aryl methyl sites for hydroxylation is 1. The van der Waals surface area contributed by atoms with Crippen molar-refractivity contribution in [2.45, 2.75) is 44.0 Å². The summed E-state index contributed by atoms with van der Waals surface area (Å²) in [5.41, 5.74) is 1.46. The summed E-state index contributed by atoms with van der Waals surface area (Å²) in [7, 11) is -4.75. The van der Waals surface area contributed by atoms with Gasteiger partial charge in [-0.15, -0.1) is 0 Å². The van der Waals surface area contributed by atoms with Gasteiger partial charge in [0.05, 0.1) is 17.2 Å². The summed E-state index contributed by atoms with van der Waals surface area (Å²) in [6.07, 6.45) is -2.60. The van der Waals surface area contributed by atoms with Gasteiger partial charge >= 0.3 is 6.18 Å². The lowest BCUT2D eigenvalue weighted by Crippen LogP contribution is -2.34. The fourth-order valence-corrected chi connectivity index (χ4v) is 4.21. The molecule has 168 valence electrons. The van der Waals surface area contributed by atoms with Gasteiger partial charge in [-0.05, 0) is 38.0 Å². The van der Waals surface area contributed by atoms with E-state index in [1.807, 2.05) is 13.8 Å².